The number of carboxylic acids is 1. The molecule has 8 rings (SSSR count). The second kappa shape index (κ2) is 19.0. The minimum absolute atomic E-state index is 0.167. The topological polar surface area (TPSA) is 183 Å². The first-order valence-corrected chi connectivity index (χ1v) is 20.5. The minimum Gasteiger partial charge on any atom is -0.478 e. The zero-order chi connectivity index (χ0) is 42.9. The van der Waals surface area contributed by atoms with Crippen molar-refractivity contribution < 1.29 is 29.0 Å². The summed E-state index contributed by atoms with van der Waals surface area (Å²) in [6.07, 6.45) is 10.8. The van der Waals surface area contributed by atoms with Gasteiger partial charge in [0, 0.05) is 70.4 Å². The zero-order valence-corrected chi connectivity index (χ0v) is 34.7. The lowest BCUT2D eigenvalue weighted by molar-refractivity contribution is 0.0599. The van der Waals surface area contributed by atoms with E-state index in [-0.39, 0.29) is 17.4 Å². The Hall–Kier alpha value is -7.56. The molecule has 16 heteroatoms. The normalized spacial score (nSPS) is 10.7. The van der Waals surface area contributed by atoms with Gasteiger partial charge in [-0.1, -0.05) is 0 Å². The molecular weight excluding hydrogens is 813 g/mol. The fourth-order valence-corrected chi connectivity index (χ4v) is 7.81. The standard InChI is InChI=1S/C23H20N4O3S.C22H18N4O3S/c1-15-10-20(21(28)25-18-7-5-16(6-8-18)23(29)30-2)27(12-15)13-19-14-31-22(26-19)17-4-3-9-24-11-17;1-14-9-19(20(27)24-17-6-4-15(5-7-17)22(28)29)26(11-14)12-18-13-30-21(25-18)16-3-2-8-23-10-16/h3-12,14H,13H2,1-2H3,(H,25,28);2-11,13H,12H2,1H3,(H,24,27)(H,28,29). The van der Waals surface area contributed by atoms with Crippen LogP contribution in [0.1, 0.15) is 64.2 Å². The van der Waals surface area contributed by atoms with E-state index >= 15 is 0 Å². The van der Waals surface area contributed by atoms with Crippen molar-refractivity contribution in [3.05, 3.63) is 178 Å². The summed E-state index contributed by atoms with van der Waals surface area (Å²) in [5.41, 5.74) is 8.35. The van der Waals surface area contributed by atoms with Crippen LogP contribution in [0.15, 0.2) is 133 Å². The van der Waals surface area contributed by atoms with Crippen molar-refractivity contribution in [3.63, 3.8) is 0 Å². The van der Waals surface area contributed by atoms with Crippen LogP contribution in [0.5, 0.6) is 0 Å². The number of thiazole rings is 2. The number of aromatic nitrogens is 6. The van der Waals surface area contributed by atoms with Crippen molar-refractivity contribution >= 4 is 57.8 Å². The van der Waals surface area contributed by atoms with E-state index < -0.39 is 11.9 Å². The second-order valence-electron chi connectivity index (χ2n) is 13.7. The van der Waals surface area contributed by atoms with Gasteiger partial charge in [-0.2, -0.15) is 0 Å². The molecule has 0 fully saturated rings. The van der Waals surface area contributed by atoms with Crippen LogP contribution in [0, 0.1) is 13.8 Å². The Morgan fingerprint density at radius 2 is 1.10 bits per heavy atom. The molecule has 8 aromatic rings. The number of carbonyl (C=O) groups excluding carboxylic acids is 3. The summed E-state index contributed by atoms with van der Waals surface area (Å²) in [5, 5.41) is 20.4. The molecule has 61 heavy (non-hydrogen) atoms. The molecule has 2 amide bonds. The summed E-state index contributed by atoms with van der Waals surface area (Å²) >= 11 is 3.08. The quantitative estimate of drug-likeness (QED) is 0.101. The second-order valence-corrected chi connectivity index (χ2v) is 15.4. The number of anilines is 2. The first-order valence-electron chi connectivity index (χ1n) is 18.7. The molecule has 0 atom stereocenters. The molecule has 0 saturated carbocycles. The number of esters is 1. The number of carboxylic acid groups (broad SMARTS) is 1. The van der Waals surface area contributed by atoms with Gasteiger partial charge in [0.15, 0.2) is 0 Å². The molecule has 306 valence electrons. The van der Waals surface area contributed by atoms with E-state index in [1.54, 1.807) is 72.5 Å². The van der Waals surface area contributed by atoms with Crippen molar-refractivity contribution in [1.29, 1.82) is 0 Å². The average Bonchev–Trinajstić information content (AvgIpc) is 4.10. The molecular formula is C45H38N8O6S2. The van der Waals surface area contributed by atoms with E-state index in [4.69, 9.17) is 9.84 Å². The Kier molecular flexibility index (Phi) is 13.0. The van der Waals surface area contributed by atoms with Crippen LogP contribution in [-0.2, 0) is 17.8 Å². The summed E-state index contributed by atoms with van der Waals surface area (Å²) in [5.74, 6) is -1.93. The van der Waals surface area contributed by atoms with Crippen molar-refractivity contribution in [2.75, 3.05) is 17.7 Å². The van der Waals surface area contributed by atoms with Gasteiger partial charge in [-0.25, -0.2) is 19.6 Å². The first-order chi connectivity index (χ1) is 29.5. The number of aromatic carboxylic acids is 1. The zero-order valence-electron chi connectivity index (χ0n) is 33.1. The SMILES string of the molecule is COC(=O)c1ccc(NC(=O)c2cc(C)cn2Cc2csc(-c3cccnc3)n2)cc1.Cc1cc(C(=O)Nc2ccc(C(=O)O)cc2)n(Cc2csc(-c3cccnc3)n2)c1. The number of benzene rings is 2. The summed E-state index contributed by atoms with van der Waals surface area (Å²) in [4.78, 5) is 65.8. The number of rotatable bonds is 12. The molecule has 0 radical (unpaired) electrons. The van der Waals surface area contributed by atoms with Crippen LogP contribution in [0.25, 0.3) is 21.1 Å². The van der Waals surface area contributed by atoms with Gasteiger partial charge in [0.1, 0.15) is 21.4 Å². The van der Waals surface area contributed by atoms with Gasteiger partial charge in [-0.3, -0.25) is 19.6 Å². The Morgan fingerprint density at radius 1 is 0.656 bits per heavy atom. The van der Waals surface area contributed by atoms with Gasteiger partial charge in [0.05, 0.1) is 42.7 Å². The van der Waals surface area contributed by atoms with Crippen molar-refractivity contribution in [2.45, 2.75) is 26.9 Å². The Morgan fingerprint density at radius 3 is 1.49 bits per heavy atom. The van der Waals surface area contributed by atoms with Gasteiger partial charge in [0.2, 0.25) is 0 Å². The number of aryl methyl sites for hydroxylation is 2. The highest BCUT2D eigenvalue weighted by Crippen LogP contribution is 2.26. The Balaban J connectivity index is 0.000000184. The predicted octanol–water partition coefficient (Wildman–Crippen LogP) is 8.72. The first kappa shape index (κ1) is 41.6. The fraction of sp³-hybridized carbons (Fsp3) is 0.111. The van der Waals surface area contributed by atoms with E-state index in [9.17, 15) is 19.2 Å². The average molecular weight is 851 g/mol. The van der Waals surface area contributed by atoms with E-state index in [1.165, 1.54) is 30.6 Å². The number of amides is 2. The number of nitrogens with one attached hydrogen (secondary N) is 2. The van der Waals surface area contributed by atoms with Gasteiger partial charge in [-0.05, 0) is 110 Å². The molecule has 3 N–H and O–H groups in total. The minimum atomic E-state index is -1.01. The van der Waals surface area contributed by atoms with Crippen molar-refractivity contribution in [1.82, 2.24) is 29.1 Å². The largest absolute Gasteiger partial charge is 0.478 e. The molecule has 0 saturated heterocycles. The highest BCUT2D eigenvalue weighted by molar-refractivity contribution is 7.13. The number of nitrogens with zero attached hydrogens (tertiary/aromatic N) is 6. The smallest absolute Gasteiger partial charge is 0.337 e. The summed E-state index contributed by atoms with van der Waals surface area (Å²) < 4.78 is 8.44. The summed E-state index contributed by atoms with van der Waals surface area (Å²) in [6.45, 7) is 4.82. The van der Waals surface area contributed by atoms with Crippen LogP contribution in [0.4, 0.5) is 11.4 Å². The lowest BCUT2D eigenvalue weighted by Gasteiger charge is -2.09. The number of ether oxygens (including phenoxy) is 1. The maximum Gasteiger partial charge on any atom is 0.337 e. The number of methoxy groups -OCH3 is 1. The van der Waals surface area contributed by atoms with E-state index in [0.29, 0.717) is 41.4 Å². The third-order valence-corrected chi connectivity index (χ3v) is 11.0. The Labute approximate surface area is 358 Å². The number of carbonyl (C=O) groups is 4. The Bertz CT molecular complexity index is 2800. The van der Waals surface area contributed by atoms with Gasteiger partial charge in [0.25, 0.3) is 11.8 Å². The van der Waals surface area contributed by atoms with Gasteiger partial charge >= 0.3 is 11.9 Å². The van der Waals surface area contributed by atoms with Crippen molar-refractivity contribution in [3.8, 4) is 21.1 Å². The summed E-state index contributed by atoms with van der Waals surface area (Å²) in [6, 6.07) is 24.0. The van der Waals surface area contributed by atoms with Crippen LogP contribution in [0.2, 0.25) is 0 Å². The molecule has 0 spiro atoms. The highest BCUT2D eigenvalue weighted by atomic mass is 32.1. The van der Waals surface area contributed by atoms with Crippen LogP contribution in [-0.4, -0.2) is 65.0 Å². The molecule has 0 unspecified atom stereocenters. The maximum absolute atomic E-state index is 12.9. The molecule has 0 aliphatic carbocycles. The highest BCUT2D eigenvalue weighted by Gasteiger charge is 2.17. The number of hydrogen-bond donors (Lipinski definition) is 3. The fourth-order valence-electron chi connectivity index (χ4n) is 6.20. The maximum atomic E-state index is 12.9. The lowest BCUT2D eigenvalue weighted by atomic mass is 10.2. The van der Waals surface area contributed by atoms with E-state index in [0.717, 1.165) is 43.7 Å². The van der Waals surface area contributed by atoms with Crippen LogP contribution in [0.3, 0.4) is 0 Å². The van der Waals surface area contributed by atoms with Gasteiger partial charge in [-0.15, -0.1) is 22.7 Å². The predicted molar refractivity (Wildman–Crippen MR) is 234 cm³/mol. The lowest BCUT2D eigenvalue weighted by Crippen LogP contribution is -2.17. The van der Waals surface area contributed by atoms with E-state index in [1.807, 2.05) is 82.5 Å². The molecule has 0 bridgehead atoms. The third kappa shape index (κ3) is 10.6. The molecule has 2 aromatic carbocycles. The third-order valence-electron chi connectivity index (χ3n) is 9.07. The molecule has 14 nitrogen and oxygen atoms in total. The van der Waals surface area contributed by atoms with Crippen LogP contribution >= 0.6 is 22.7 Å². The van der Waals surface area contributed by atoms with Gasteiger partial charge < -0.3 is 29.6 Å². The summed E-state index contributed by atoms with van der Waals surface area (Å²) in [7, 11) is 1.33. The van der Waals surface area contributed by atoms with E-state index in [2.05, 4.69) is 30.6 Å². The molecule has 6 heterocycles. The molecule has 0 aliphatic heterocycles. The van der Waals surface area contributed by atoms with Crippen molar-refractivity contribution in [2.24, 2.45) is 0 Å². The molecule has 0 aliphatic rings. The monoisotopic (exact) mass is 850 g/mol. The number of hydrogen-bond acceptors (Lipinski definition) is 11. The van der Waals surface area contributed by atoms with Crippen LogP contribution < -0.4 is 10.6 Å². The number of pyridine rings is 2. The molecule has 6 aromatic heterocycles.